The van der Waals surface area contributed by atoms with Crippen LogP contribution in [0.4, 0.5) is 0 Å². The van der Waals surface area contributed by atoms with Crippen molar-refractivity contribution >= 4 is 5.97 Å². The molecule has 3 nitrogen and oxygen atoms in total. The minimum absolute atomic E-state index is 0.314. The molecular formula is C8H11NO2. The summed E-state index contributed by atoms with van der Waals surface area (Å²) in [5.74, 6) is -0.380. The molecule has 0 amide bonds. The summed E-state index contributed by atoms with van der Waals surface area (Å²) in [6, 6.07) is 0. The second kappa shape index (κ2) is 5.48. The smallest absolute Gasteiger partial charge is 0.333 e. The van der Waals surface area contributed by atoms with Crippen LogP contribution in [0.15, 0.2) is 12.2 Å². The van der Waals surface area contributed by atoms with Crippen molar-refractivity contribution in [2.45, 2.75) is 13.3 Å². The predicted molar refractivity (Wildman–Crippen MR) is 41.9 cm³/mol. The molecule has 0 unspecified atom stereocenters. The molecule has 0 N–H and O–H groups in total. The largest absolute Gasteiger partial charge is 0.462 e. The molecule has 0 heterocycles. The standard InChI is InChI=1S/C8H11NO2/c1-7(2)8(10)11-6-4-5-9-3/h1,4-6H2,2H3. The van der Waals surface area contributed by atoms with E-state index in [2.05, 4.69) is 11.4 Å². The number of hydrogen-bond donors (Lipinski definition) is 0. The number of nitrogens with zero attached hydrogens (tertiary/aromatic N) is 1. The van der Waals surface area contributed by atoms with Gasteiger partial charge in [0.25, 0.3) is 0 Å². The van der Waals surface area contributed by atoms with Crippen LogP contribution < -0.4 is 0 Å². The molecule has 0 aromatic rings. The molecule has 0 aliphatic carbocycles. The molecule has 0 radical (unpaired) electrons. The van der Waals surface area contributed by atoms with Gasteiger partial charge < -0.3 is 9.58 Å². The molecule has 0 spiro atoms. The van der Waals surface area contributed by atoms with Gasteiger partial charge in [-0.3, -0.25) is 0 Å². The zero-order valence-electron chi connectivity index (χ0n) is 6.59. The van der Waals surface area contributed by atoms with Crippen molar-refractivity contribution in [3.8, 4) is 0 Å². The van der Waals surface area contributed by atoms with E-state index in [4.69, 9.17) is 11.3 Å². The summed E-state index contributed by atoms with van der Waals surface area (Å²) in [7, 11) is 0. The Morgan fingerprint density at radius 2 is 2.36 bits per heavy atom. The Labute approximate surface area is 66.5 Å². The van der Waals surface area contributed by atoms with Gasteiger partial charge in [0.2, 0.25) is 6.54 Å². The van der Waals surface area contributed by atoms with Gasteiger partial charge >= 0.3 is 5.97 Å². The summed E-state index contributed by atoms with van der Waals surface area (Å²) in [6.07, 6.45) is 0.600. The lowest BCUT2D eigenvalue weighted by Gasteiger charge is -1.99. The average Bonchev–Trinajstić information content (AvgIpc) is 1.97. The van der Waals surface area contributed by atoms with Crippen molar-refractivity contribution in [1.29, 1.82) is 0 Å². The van der Waals surface area contributed by atoms with Gasteiger partial charge in [-0.1, -0.05) is 6.58 Å². The highest BCUT2D eigenvalue weighted by Gasteiger charge is 2.01. The summed E-state index contributed by atoms with van der Waals surface area (Å²) in [5, 5.41) is 0. The average molecular weight is 153 g/mol. The van der Waals surface area contributed by atoms with Crippen LogP contribution in [-0.4, -0.2) is 19.1 Å². The SMILES string of the molecule is [C-]#[N+]CCCOC(=O)C(=C)C. The predicted octanol–water partition coefficient (Wildman–Crippen LogP) is 1.42. The molecule has 0 bridgehead atoms. The number of carbonyl (C=O) groups is 1. The third-order valence-corrected chi connectivity index (χ3v) is 0.996. The van der Waals surface area contributed by atoms with Crippen molar-refractivity contribution in [3.05, 3.63) is 23.6 Å². The molecule has 0 aromatic heterocycles. The first-order valence-corrected chi connectivity index (χ1v) is 3.34. The van der Waals surface area contributed by atoms with E-state index in [1.807, 2.05) is 0 Å². The molecule has 0 aliphatic rings. The maximum atomic E-state index is 10.7. The number of rotatable bonds is 4. The van der Waals surface area contributed by atoms with Gasteiger partial charge in [0.15, 0.2) is 0 Å². The lowest BCUT2D eigenvalue weighted by molar-refractivity contribution is -0.138. The van der Waals surface area contributed by atoms with Crippen molar-refractivity contribution in [2.75, 3.05) is 13.2 Å². The van der Waals surface area contributed by atoms with E-state index >= 15 is 0 Å². The van der Waals surface area contributed by atoms with Crippen LogP contribution >= 0.6 is 0 Å². The summed E-state index contributed by atoms with van der Waals surface area (Å²) in [4.78, 5) is 13.8. The fraction of sp³-hybridized carbons (Fsp3) is 0.500. The van der Waals surface area contributed by atoms with E-state index in [0.717, 1.165) is 0 Å². The first-order valence-electron chi connectivity index (χ1n) is 3.34. The Bertz CT molecular complexity index is 191. The van der Waals surface area contributed by atoms with Crippen LogP contribution in [0.5, 0.6) is 0 Å². The molecule has 11 heavy (non-hydrogen) atoms. The van der Waals surface area contributed by atoms with Gasteiger partial charge in [0.1, 0.15) is 0 Å². The van der Waals surface area contributed by atoms with Crippen molar-refractivity contribution in [2.24, 2.45) is 0 Å². The van der Waals surface area contributed by atoms with Crippen LogP contribution in [0, 0.1) is 6.57 Å². The normalized spacial score (nSPS) is 8.36. The third-order valence-electron chi connectivity index (χ3n) is 0.996. The van der Waals surface area contributed by atoms with Crippen molar-refractivity contribution in [1.82, 2.24) is 0 Å². The molecule has 60 valence electrons. The van der Waals surface area contributed by atoms with E-state index in [9.17, 15) is 4.79 Å². The number of ether oxygens (including phenoxy) is 1. The third kappa shape index (κ3) is 5.16. The van der Waals surface area contributed by atoms with Gasteiger partial charge in [0, 0.05) is 5.57 Å². The van der Waals surface area contributed by atoms with Crippen molar-refractivity contribution < 1.29 is 9.53 Å². The fourth-order valence-corrected chi connectivity index (χ4v) is 0.432. The maximum absolute atomic E-state index is 10.7. The summed E-state index contributed by atoms with van der Waals surface area (Å²) in [5.41, 5.74) is 0.396. The Morgan fingerprint density at radius 1 is 1.73 bits per heavy atom. The van der Waals surface area contributed by atoms with Crippen LogP contribution in [-0.2, 0) is 9.53 Å². The second-order valence-corrected chi connectivity index (χ2v) is 2.15. The van der Waals surface area contributed by atoms with Crippen LogP contribution in [0.25, 0.3) is 4.85 Å². The van der Waals surface area contributed by atoms with E-state index in [1.165, 1.54) is 0 Å². The molecule has 3 heteroatoms. The van der Waals surface area contributed by atoms with Gasteiger partial charge in [-0.2, -0.15) is 0 Å². The van der Waals surface area contributed by atoms with Crippen LogP contribution in [0.3, 0.4) is 0 Å². The first kappa shape index (κ1) is 9.70. The summed E-state index contributed by atoms with van der Waals surface area (Å²) in [6.45, 7) is 12.2. The first-order chi connectivity index (χ1) is 5.18. The molecule has 0 rings (SSSR count). The Hall–Kier alpha value is -1.30. The molecule has 0 atom stereocenters. The molecule has 0 aromatic carbocycles. The Kier molecular flexibility index (Phi) is 4.83. The van der Waals surface area contributed by atoms with Gasteiger partial charge in [0.05, 0.1) is 13.0 Å². The molecule has 0 saturated heterocycles. The number of carbonyl (C=O) groups excluding carboxylic acids is 1. The number of hydrogen-bond acceptors (Lipinski definition) is 2. The van der Waals surface area contributed by atoms with E-state index in [1.54, 1.807) is 6.92 Å². The fourth-order valence-electron chi connectivity index (χ4n) is 0.432. The van der Waals surface area contributed by atoms with E-state index in [-0.39, 0.29) is 5.97 Å². The number of esters is 1. The van der Waals surface area contributed by atoms with E-state index in [0.29, 0.717) is 25.1 Å². The Balaban J connectivity index is 3.34. The maximum Gasteiger partial charge on any atom is 0.333 e. The minimum atomic E-state index is -0.380. The molecule has 0 saturated carbocycles. The lowest BCUT2D eigenvalue weighted by atomic mass is 10.4. The highest BCUT2D eigenvalue weighted by Crippen LogP contribution is 1.93. The highest BCUT2D eigenvalue weighted by atomic mass is 16.5. The minimum Gasteiger partial charge on any atom is -0.462 e. The summed E-state index contributed by atoms with van der Waals surface area (Å²) >= 11 is 0. The van der Waals surface area contributed by atoms with Gasteiger partial charge in [-0.15, -0.1) is 0 Å². The topological polar surface area (TPSA) is 30.7 Å². The van der Waals surface area contributed by atoms with Crippen molar-refractivity contribution in [3.63, 3.8) is 0 Å². The van der Waals surface area contributed by atoms with Crippen LogP contribution in [0.1, 0.15) is 13.3 Å². The molecular weight excluding hydrogens is 142 g/mol. The van der Waals surface area contributed by atoms with E-state index < -0.39 is 0 Å². The lowest BCUT2D eigenvalue weighted by Crippen LogP contribution is -2.06. The Morgan fingerprint density at radius 3 is 2.82 bits per heavy atom. The zero-order chi connectivity index (χ0) is 8.69. The van der Waals surface area contributed by atoms with Gasteiger partial charge in [-0.25, -0.2) is 11.4 Å². The second-order valence-electron chi connectivity index (χ2n) is 2.15. The molecule has 0 aliphatic heterocycles. The quantitative estimate of drug-likeness (QED) is 0.264. The monoisotopic (exact) mass is 153 g/mol. The zero-order valence-corrected chi connectivity index (χ0v) is 6.59. The highest BCUT2D eigenvalue weighted by molar-refractivity contribution is 5.86. The van der Waals surface area contributed by atoms with Gasteiger partial charge in [-0.05, 0) is 6.92 Å². The molecule has 0 fully saturated rings. The van der Waals surface area contributed by atoms with Crippen LogP contribution in [0.2, 0.25) is 0 Å². The summed E-state index contributed by atoms with van der Waals surface area (Å²) < 4.78 is 4.72.